The van der Waals surface area contributed by atoms with E-state index in [-0.39, 0.29) is 23.9 Å². The van der Waals surface area contributed by atoms with Gasteiger partial charge < -0.3 is 9.30 Å². The molecule has 33 heavy (non-hydrogen) atoms. The van der Waals surface area contributed by atoms with Gasteiger partial charge in [0.05, 0.1) is 35.4 Å². The van der Waals surface area contributed by atoms with Crippen molar-refractivity contribution in [3.8, 4) is 5.75 Å². The Balaban J connectivity index is 1.67. The number of fused-ring (bicyclic) bond motifs is 2. The Labute approximate surface area is 200 Å². The molecular weight excluding hydrogens is 484 g/mol. The maximum Gasteiger partial charge on any atom is 0.261 e. The Hall–Kier alpha value is -2.93. The van der Waals surface area contributed by atoms with E-state index in [9.17, 15) is 14.4 Å². The van der Waals surface area contributed by atoms with Crippen molar-refractivity contribution in [1.82, 2.24) is 9.47 Å². The molecule has 0 atom stereocenters. The first kappa shape index (κ1) is 21.9. The van der Waals surface area contributed by atoms with Gasteiger partial charge >= 0.3 is 0 Å². The van der Waals surface area contributed by atoms with Crippen LogP contribution in [0.2, 0.25) is 0 Å². The lowest BCUT2D eigenvalue weighted by Gasteiger charge is -2.23. The quantitative estimate of drug-likeness (QED) is 0.311. The average molecular weight is 509 g/mol. The SMILES string of the molecule is CCCCOc1c(CN2C(=O)c3ccccc3C2=O)n(CC2CC2)c(=O)c2ccc(Br)cc12. The molecule has 0 bridgehead atoms. The van der Waals surface area contributed by atoms with Gasteiger partial charge in [-0.2, -0.15) is 0 Å². The summed E-state index contributed by atoms with van der Waals surface area (Å²) >= 11 is 3.51. The van der Waals surface area contributed by atoms with Crippen LogP contribution in [0.1, 0.15) is 59.0 Å². The zero-order chi connectivity index (χ0) is 23.1. The molecule has 6 nitrogen and oxygen atoms in total. The standard InChI is InChI=1S/C26H25BrN2O4/c1-2-3-12-33-23-21-13-17(27)10-11-20(21)24(30)28(14-16-8-9-16)22(23)15-29-25(31)18-6-4-5-7-19(18)26(29)32/h4-7,10-11,13,16H,2-3,8-9,12,14-15H2,1H3. The third-order valence-electron chi connectivity index (χ3n) is 6.36. The second kappa shape index (κ2) is 8.78. The van der Waals surface area contributed by atoms with Gasteiger partial charge in [0.15, 0.2) is 0 Å². The average Bonchev–Trinajstić information content (AvgIpc) is 3.61. The molecule has 2 amide bonds. The molecule has 1 fully saturated rings. The van der Waals surface area contributed by atoms with Crippen molar-refractivity contribution in [3.63, 3.8) is 0 Å². The van der Waals surface area contributed by atoms with Crippen LogP contribution in [-0.4, -0.2) is 27.9 Å². The van der Waals surface area contributed by atoms with Crippen LogP contribution in [0.4, 0.5) is 0 Å². The van der Waals surface area contributed by atoms with Gasteiger partial charge in [0, 0.05) is 16.4 Å². The number of carbonyl (C=O) groups is 2. The summed E-state index contributed by atoms with van der Waals surface area (Å²) in [4.78, 5) is 41.0. The molecule has 0 unspecified atom stereocenters. The van der Waals surface area contributed by atoms with Crippen molar-refractivity contribution in [2.24, 2.45) is 5.92 Å². The summed E-state index contributed by atoms with van der Waals surface area (Å²) in [5, 5.41) is 1.28. The third kappa shape index (κ3) is 3.99. The fraction of sp³-hybridized carbons (Fsp3) is 0.346. The topological polar surface area (TPSA) is 68.6 Å². The molecule has 170 valence electrons. The molecule has 7 heteroatoms. The van der Waals surface area contributed by atoms with Gasteiger partial charge in [-0.3, -0.25) is 19.3 Å². The van der Waals surface area contributed by atoms with Crippen LogP contribution >= 0.6 is 15.9 Å². The lowest BCUT2D eigenvalue weighted by atomic mass is 10.1. The molecule has 0 saturated heterocycles. The first-order valence-electron chi connectivity index (χ1n) is 11.4. The summed E-state index contributed by atoms with van der Waals surface area (Å²) in [6, 6.07) is 12.4. The van der Waals surface area contributed by atoms with E-state index in [4.69, 9.17) is 4.74 Å². The van der Waals surface area contributed by atoms with Crippen molar-refractivity contribution >= 4 is 38.5 Å². The Morgan fingerprint density at radius 2 is 1.70 bits per heavy atom. The van der Waals surface area contributed by atoms with Crippen LogP contribution in [0.3, 0.4) is 0 Å². The highest BCUT2D eigenvalue weighted by molar-refractivity contribution is 9.10. The number of amides is 2. The molecule has 5 rings (SSSR count). The highest BCUT2D eigenvalue weighted by atomic mass is 79.9. The molecule has 2 heterocycles. The number of hydrogen-bond acceptors (Lipinski definition) is 4. The Morgan fingerprint density at radius 3 is 2.33 bits per heavy atom. The number of nitrogens with zero attached hydrogens (tertiary/aromatic N) is 2. The van der Waals surface area contributed by atoms with Crippen LogP contribution in [0.5, 0.6) is 5.75 Å². The van der Waals surface area contributed by atoms with Crippen LogP contribution in [-0.2, 0) is 13.1 Å². The molecule has 2 aliphatic rings. The van der Waals surface area contributed by atoms with Crippen LogP contribution in [0, 0.1) is 5.92 Å². The summed E-state index contributed by atoms with van der Waals surface area (Å²) in [6.45, 7) is 3.15. The van der Waals surface area contributed by atoms with E-state index in [1.165, 1.54) is 4.90 Å². The number of benzene rings is 2. The number of aromatic nitrogens is 1. The van der Waals surface area contributed by atoms with Crippen LogP contribution in [0.25, 0.3) is 10.8 Å². The number of ether oxygens (including phenoxy) is 1. The second-order valence-electron chi connectivity index (χ2n) is 8.77. The fourth-order valence-electron chi connectivity index (χ4n) is 4.36. The minimum absolute atomic E-state index is 0.00177. The molecule has 3 aromatic rings. The number of halogens is 1. The third-order valence-corrected chi connectivity index (χ3v) is 6.85. The molecule has 1 aliphatic heterocycles. The van der Waals surface area contributed by atoms with E-state index in [2.05, 4.69) is 22.9 Å². The van der Waals surface area contributed by atoms with Gasteiger partial charge in [-0.15, -0.1) is 0 Å². The Kier molecular flexibility index (Phi) is 5.83. The molecule has 0 radical (unpaired) electrons. The van der Waals surface area contributed by atoms with Gasteiger partial charge in [-0.1, -0.05) is 41.4 Å². The Bertz CT molecular complexity index is 1290. The van der Waals surface area contributed by atoms with Gasteiger partial charge in [0.25, 0.3) is 17.4 Å². The minimum atomic E-state index is -0.338. The summed E-state index contributed by atoms with van der Waals surface area (Å²) in [5.74, 6) is 0.335. The van der Waals surface area contributed by atoms with Crippen LogP contribution in [0.15, 0.2) is 51.7 Å². The zero-order valence-electron chi connectivity index (χ0n) is 18.5. The van der Waals surface area contributed by atoms with Crippen molar-refractivity contribution < 1.29 is 14.3 Å². The van der Waals surface area contributed by atoms with Crippen LogP contribution < -0.4 is 10.3 Å². The highest BCUT2D eigenvalue weighted by Crippen LogP contribution is 2.36. The van der Waals surface area contributed by atoms with Gasteiger partial charge in [-0.25, -0.2) is 0 Å². The molecule has 1 saturated carbocycles. The van der Waals surface area contributed by atoms with Gasteiger partial charge in [-0.05, 0) is 55.5 Å². The largest absolute Gasteiger partial charge is 0.491 e. The van der Waals surface area contributed by atoms with Crippen molar-refractivity contribution in [2.75, 3.05) is 6.61 Å². The van der Waals surface area contributed by atoms with E-state index < -0.39 is 0 Å². The summed E-state index contributed by atoms with van der Waals surface area (Å²) in [6.07, 6.45) is 3.98. The predicted molar refractivity (Wildman–Crippen MR) is 130 cm³/mol. The first-order chi connectivity index (χ1) is 16.0. The number of unbranched alkanes of at least 4 members (excludes halogenated alkanes) is 1. The summed E-state index contributed by atoms with van der Waals surface area (Å²) in [7, 11) is 0. The van der Waals surface area contributed by atoms with E-state index >= 15 is 0 Å². The van der Waals surface area contributed by atoms with Crippen molar-refractivity contribution in [1.29, 1.82) is 0 Å². The maximum absolute atomic E-state index is 13.6. The molecule has 2 aromatic carbocycles. The maximum atomic E-state index is 13.6. The fourth-order valence-corrected chi connectivity index (χ4v) is 4.72. The smallest absolute Gasteiger partial charge is 0.261 e. The molecule has 1 aromatic heterocycles. The van der Waals surface area contributed by atoms with Crippen molar-refractivity contribution in [2.45, 2.75) is 45.7 Å². The van der Waals surface area contributed by atoms with E-state index in [0.29, 0.717) is 52.4 Å². The van der Waals surface area contributed by atoms with Gasteiger partial charge in [0.1, 0.15) is 5.75 Å². The molecular formula is C26H25BrN2O4. The first-order valence-corrected chi connectivity index (χ1v) is 12.2. The summed E-state index contributed by atoms with van der Waals surface area (Å²) in [5.41, 5.74) is 1.27. The molecule has 0 N–H and O–H groups in total. The number of carbonyl (C=O) groups excluding carboxylic acids is 2. The zero-order valence-corrected chi connectivity index (χ0v) is 20.1. The molecule has 0 spiro atoms. The summed E-state index contributed by atoms with van der Waals surface area (Å²) < 4.78 is 8.84. The monoisotopic (exact) mass is 508 g/mol. The predicted octanol–water partition coefficient (Wildman–Crippen LogP) is 5.15. The van der Waals surface area contributed by atoms with E-state index in [0.717, 1.165) is 30.2 Å². The van der Waals surface area contributed by atoms with E-state index in [1.54, 1.807) is 28.8 Å². The second-order valence-corrected chi connectivity index (χ2v) is 9.68. The lowest BCUT2D eigenvalue weighted by Crippen LogP contribution is -2.34. The normalized spacial score (nSPS) is 15.4. The van der Waals surface area contributed by atoms with Crippen molar-refractivity contribution in [3.05, 3.63) is 74.1 Å². The number of pyridine rings is 1. The lowest BCUT2D eigenvalue weighted by molar-refractivity contribution is 0.0636. The molecule has 1 aliphatic carbocycles. The number of imide groups is 1. The highest BCUT2D eigenvalue weighted by Gasteiger charge is 2.37. The van der Waals surface area contributed by atoms with Gasteiger partial charge in [0.2, 0.25) is 0 Å². The number of hydrogen-bond donors (Lipinski definition) is 0. The Morgan fingerprint density at radius 1 is 1.00 bits per heavy atom. The number of rotatable bonds is 8. The van der Waals surface area contributed by atoms with E-state index in [1.807, 2.05) is 18.2 Å². The minimum Gasteiger partial charge on any atom is -0.491 e.